The number of nitrogens with one attached hydrogen (secondary N) is 2. The molecule has 118 valence electrons. The van der Waals surface area contributed by atoms with Crippen LogP contribution in [0.1, 0.15) is 56.6 Å². The molecule has 1 unspecified atom stereocenters. The second-order valence-electron chi connectivity index (χ2n) is 5.13. The number of carboxylic acids is 1. The molecule has 1 rings (SSSR count). The van der Waals surface area contributed by atoms with Crippen molar-refractivity contribution in [3.8, 4) is 0 Å². The lowest BCUT2D eigenvalue weighted by Gasteiger charge is -2.12. The molecule has 1 heterocycles. The zero-order valence-corrected chi connectivity index (χ0v) is 12.6. The highest BCUT2D eigenvalue weighted by atomic mass is 16.4. The summed E-state index contributed by atoms with van der Waals surface area (Å²) in [6.45, 7) is 4.31. The quantitative estimate of drug-likeness (QED) is 0.611. The van der Waals surface area contributed by atoms with Gasteiger partial charge >= 0.3 is 12.0 Å². The lowest BCUT2D eigenvalue weighted by Crippen LogP contribution is -2.37. The highest BCUT2D eigenvalue weighted by Gasteiger charge is 2.11. The molecule has 3 N–H and O–H groups in total. The number of furan rings is 1. The van der Waals surface area contributed by atoms with Gasteiger partial charge in [-0.3, -0.25) is 4.79 Å². The molecule has 0 fully saturated rings. The van der Waals surface area contributed by atoms with Crippen LogP contribution in [0.25, 0.3) is 0 Å². The predicted molar refractivity (Wildman–Crippen MR) is 79.1 cm³/mol. The second-order valence-corrected chi connectivity index (χ2v) is 5.13. The Morgan fingerprint density at radius 3 is 2.57 bits per heavy atom. The summed E-state index contributed by atoms with van der Waals surface area (Å²) in [4.78, 5) is 22.0. The fraction of sp³-hybridized carbons (Fsp3) is 0.600. The maximum absolute atomic E-state index is 11.7. The number of unbranched alkanes of at least 4 members (excludes halogenated alkanes) is 3. The molecule has 6 heteroatoms. The van der Waals surface area contributed by atoms with E-state index in [2.05, 4.69) is 10.6 Å². The van der Waals surface area contributed by atoms with Crippen molar-refractivity contribution < 1.29 is 19.1 Å². The Bertz CT molecular complexity index is 456. The molecule has 2 amide bonds. The van der Waals surface area contributed by atoms with Crippen LogP contribution in [0.5, 0.6) is 0 Å². The molecule has 1 aromatic rings. The molecule has 0 aromatic carbocycles. The van der Waals surface area contributed by atoms with Crippen LogP contribution in [-0.4, -0.2) is 23.7 Å². The molecule has 21 heavy (non-hydrogen) atoms. The largest absolute Gasteiger partial charge is 0.481 e. The van der Waals surface area contributed by atoms with E-state index >= 15 is 0 Å². The summed E-state index contributed by atoms with van der Waals surface area (Å²) in [6, 6.07) is 3.32. The summed E-state index contributed by atoms with van der Waals surface area (Å²) < 4.78 is 5.44. The van der Waals surface area contributed by atoms with Gasteiger partial charge in [0.2, 0.25) is 0 Å². The molecule has 1 aromatic heterocycles. The third-order valence-electron chi connectivity index (χ3n) is 3.14. The van der Waals surface area contributed by atoms with Crippen molar-refractivity contribution in [1.82, 2.24) is 10.6 Å². The monoisotopic (exact) mass is 296 g/mol. The molecule has 0 aliphatic rings. The molecule has 0 aliphatic heterocycles. The Morgan fingerprint density at radius 2 is 1.95 bits per heavy atom. The first-order valence-electron chi connectivity index (χ1n) is 7.31. The first kappa shape index (κ1) is 17.1. The third kappa shape index (κ3) is 7.39. The summed E-state index contributed by atoms with van der Waals surface area (Å²) in [5.41, 5.74) is 0. The summed E-state index contributed by atoms with van der Waals surface area (Å²) >= 11 is 0. The van der Waals surface area contributed by atoms with E-state index in [1.54, 1.807) is 0 Å². The van der Waals surface area contributed by atoms with Gasteiger partial charge in [0.05, 0.1) is 6.04 Å². The van der Waals surface area contributed by atoms with E-state index in [4.69, 9.17) is 9.52 Å². The van der Waals surface area contributed by atoms with Gasteiger partial charge in [0.1, 0.15) is 11.5 Å². The summed E-state index contributed by atoms with van der Waals surface area (Å²) in [6.07, 6.45) is 3.55. The molecular weight excluding hydrogens is 272 g/mol. The van der Waals surface area contributed by atoms with E-state index in [-0.39, 0.29) is 18.5 Å². The minimum Gasteiger partial charge on any atom is -0.481 e. The topological polar surface area (TPSA) is 91.6 Å². The molecule has 0 saturated carbocycles. The Kier molecular flexibility index (Phi) is 7.36. The Morgan fingerprint density at radius 1 is 1.24 bits per heavy atom. The van der Waals surface area contributed by atoms with Gasteiger partial charge in [-0.1, -0.05) is 12.8 Å². The summed E-state index contributed by atoms with van der Waals surface area (Å²) in [5, 5.41) is 14.1. The van der Waals surface area contributed by atoms with Gasteiger partial charge in [-0.2, -0.15) is 0 Å². The van der Waals surface area contributed by atoms with Crippen LogP contribution >= 0.6 is 0 Å². The minimum absolute atomic E-state index is 0.172. The molecule has 0 aliphatic carbocycles. The number of carbonyl (C=O) groups is 2. The minimum atomic E-state index is -0.755. The number of carbonyl (C=O) groups excluding carboxylic acids is 1. The number of rotatable bonds is 9. The zero-order valence-electron chi connectivity index (χ0n) is 12.6. The number of amides is 2. The van der Waals surface area contributed by atoms with Crippen LogP contribution < -0.4 is 10.6 Å². The van der Waals surface area contributed by atoms with E-state index in [1.165, 1.54) is 0 Å². The van der Waals surface area contributed by atoms with Crippen LogP contribution in [0.2, 0.25) is 0 Å². The van der Waals surface area contributed by atoms with Crippen LogP contribution in [0.3, 0.4) is 0 Å². The highest BCUT2D eigenvalue weighted by molar-refractivity contribution is 5.74. The van der Waals surface area contributed by atoms with Crippen LogP contribution in [0.15, 0.2) is 16.5 Å². The number of carboxylic acid groups (broad SMARTS) is 1. The Labute approximate surface area is 124 Å². The Hall–Kier alpha value is -1.98. The fourth-order valence-electron chi connectivity index (χ4n) is 1.96. The lowest BCUT2D eigenvalue weighted by atomic mass is 10.1. The summed E-state index contributed by atoms with van der Waals surface area (Å²) in [7, 11) is 0. The van der Waals surface area contributed by atoms with Crippen molar-refractivity contribution in [2.45, 2.75) is 52.0 Å². The van der Waals surface area contributed by atoms with Crippen LogP contribution in [0.4, 0.5) is 4.79 Å². The zero-order chi connectivity index (χ0) is 15.7. The van der Waals surface area contributed by atoms with Gasteiger partial charge < -0.3 is 20.2 Å². The first-order chi connectivity index (χ1) is 9.99. The standard InChI is InChI=1S/C15H24N2O4/c1-11-8-9-13(21-11)12(2)17-15(20)16-10-6-4-3-5-7-14(18)19/h8-9,12H,3-7,10H2,1-2H3,(H,18,19)(H2,16,17,20). The molecule has 1 atom stereocenters. The van der Waals surface area contributed by atoms with Crippen molar-refractivity contribution in [2.24, 2.45) is 0 Å². The SMILES string of the molecule is Cc1ccc(C(C)NC(=O)NCCCCCCC(=O)O)o1. The molecule has 6 nitrogen and oxygen atoms in total. The number of hydrogen-bond acceptors (Lipinski definition) is 3. The average Bonchev–Trinajstić information content (AvgIpc) is 2.84. The molecule has 0 spiro atoms. The van der Waals surface area contributed by atoms with Gasteiger partial charge in [0.15, 0.2) is 0 Å². The van der Waals surface area contributed by atoms with Crippen LogP contribution in [-0.2, 0) is 4.79 Å². The average molecular weight is 296 g/mol. The third-order valence-corrected chi connectivity index (χ3v) is 3.14. The highest BCUT2D eigenvalue weighted by Crippen LogP contribution is 2.15. The van der Waals surface area contributed by atoms with E-state index in [1.807, 2.05) is 26.0 Å². The molecular formula is C15H24N2O4. The van der Waals surface area contributed by atoms with Crippen molar-refractivity contribution in [3.05, 3.63) is 23.7 Å². The number of aliphatic carboxylic acids is 1. The van der Waals surface area contributed by atoms with Gasteiger partial charge in [0, 0.05) is 13.0 Å². The smallest absolute Gasteiger partial charge is 0.315 e. The van der Waals surface area contributed by atoms with Gasteiger partial charge in [-0.25, -0.2) is 4.79 Å². The molecule has 0 saturated heterocycles. The summed E-state index contributed by atoms with van der Waals surface area (Å²) in [5.74, 6) is 0.798. The van der Waals surface area contributed by atoms with E-state index in [0.717, 1.165) is 30.8 Å². The Balaban J connectivity index is 2.07. The van der Waals surface area contributed by atoms with E-state index in [0.29, 0.717) is 13.0 Å². The second kappa shape index (κ2) is 9.05. The van der Waals surface area contributed by atoms with Crippen molar-refractivity contribution in [2.75, 3.05) is 6.54 Å². The predicted octanol–water partition coefficient (Wildman–Crippen LogP) is 2.98. The van der Waals surface area contributed by atoms with E-state index in [9.17, 15) is 9.59 Å². The van der Waals surface area contributed by atoms with Gasteiger partial charge in [-0.05, 0) is 38.8 Å². The number of aryl methyl sites for hydroxylation is 1. The normalized spacial score (nSPS) is 11.9. The molecule has 0 bridgehead atoms. The lowest BCUT2D eigenvalue weighted by molar-refractivity contribution is -0.137. The first-order valence-corrected chi connectivity index (χ1v) is 7.31. The number of urea groups is 1. The van der Waals surface area contributed by atoms with Crippen LogP contribution in [0, 0.1) is 6.92 Å². The van der Waals surface area contributed by atoms with Gasteiger partial charge in [0.25, 0.3) is 0 Å². The van der Waals surface area contributed by atoms with Crippen molar-refractivity contribution >= 4 is 12.0 Å². The fourth-order valence-corrected chi connectivity index (χ4v) is 1.96. The van der Waals surface area contributed by atoms with Crippen molar-refractivity contribution in [1.29, 1.82) is 0 Å². The van der Waals surface area contributed by atoms with E-state index < -0.39 is 5.97 Å². The number of hydrogen-bond donors (Lipinski definition) is 3. The maximum atomic E-state index is 11.7. The maximum Gasteiger partial charge on any atom is 0.315 e. The van der Waals surface area contributed by atoms with Crippen molar-refractivity contribution in [3.63, 3.8) is 0 Å². The van der Waals surface area contributed by atoms with Gasteiger partial charge in [-0.15, -0.1) is 0 Å². The molecule has 0 radical (unpaired) electrons.